The number of hydrogen-bond acceptors (Lipinski definition) is 5. The summed E-state index contributed by atoms with van der Waals surface area (Å²) in [6.07, 6.45) is 0.112. The SMILES string of the molecule is O=C(CCCS(=O)(=O)c1ccc(Cl)cc1)Nc1cccc([N+](=O)[O-])c1. The molecule has 0 unspecified atom stereocenters. The molecule has 25 heavy (non-hydrogen) atoms. The van der Waals surface area contributed by atoms with Gasteiger partial charge in [0, 0.05) is 29.3 Å². The van der Waals surface area contributed by atoms with Crippen molar-refractivity contribution in [3.8, 4) is 0 Å². The summed E-state index contributed by atoms with van der Waals surface area (Å²) in [5.74, 6) is -0.594. The van der Waals surface area contributed by atoms with Gasteiger partial charge < -0.3 is 5.32 Å². The number of nitrogens with zero attached hydrogens (tertiary/aromatic N) is 1. The van der Waals surface area contributed by atoms with Crippen LogP contribution in [0.3, 0.4) is 0 Å². The second-order valence-corrected chi connectivity index (χ2v) is 7.78. The van der Waals surface area contributed by atoms with Crippen LogP contribution in [0, 0.1) is 10.1 Å². The molecule has 1 N–H and O–H groups in total. The van der Waals surface area contributed by atoms with Crippen molar-refractivity contribution in [1.29, 1.82) is 0 Å². The van der Waals surface area contributed by atoms with Gasteiger partial charge in [0.05, 0.1) is 15.6 Å². The summed E-state index contributed by atoms with van der Waals surface area (Å²) in [5.41, 5.74) is 0.155. The number of halogens is 1. The fraction of sp³-hybridized carbons (Fsp3) is 0.188. The molecule has 0 spiro atoms. The van der Waals surface area contributed by atoms with Gasteiger partial charge in [-0.25, -0.2) is 8.42 Å². The Balaban J connectivity index is 1.89. The lowest BCUT2D eigenvalue weighted by atomic mass is 10.2. The van der Waals surface area contributed by atoms with E-state index in [9.17, 15) is 23.3 Å². The van der Waals surface area contributed by atoms with E-state index in [1.54, 1.807) is 0 Å². The van der Waals surface area contributed by atoms with Crippen LogP contribution in [0.15, 0.2) is 53.4 Å². The Labute approximate surface area is 149 Å². The van der Waals surface area contributed by atoms with Gasteiger partial charge >= 0.3 is 0 Å². The first-order valence-electron chi connectivity index (χ1n) is 7.30. The topological polar surface area (TPSA) is 106 Å². The van der Waals surface area contributed by atoms with Gasteiger partial charge in [-0.2, -0.15) is 0 Å². The number of hydrogen-bond donors (Lipinski definition) is 1. The normalized spacial score (nSPS) is 11.1. The highest BCUT2D eigenvalue weighted by atomic mass is 35.5. The van der Waals surface area contributed by atoms with Gasteiger partial charge in [0.2, 0.25) is 5.91 Å². The molecule has 0 aliphatic heterocycles. The molecule has 0 bridgehead atoms. The molecule has 0 fully saturated rings. The van der Waals surface area contributed by atoms with Gasteiger partial charge in [0.1, 0.15) is 0 Å². The van der Waals surface area contributed by atoms with Gasteiger partial charge in [-0.05, 0) is 36.8 Å². The highest BCUT2D eigenvalue weighted by Crippen LogP contribution is 2.18. The van der Waals surface area contributed by atoms with Crippen molar-refractivity contribution < 1.29 is 18.1 Å². The summed E-state index contributed by atoms with van der Waals surface area (Å²) in [4.78, 5) is 22.2. The van der Waals surface area contributed by atoms with E-state index >= 15 is 0 Å². The fourth-order valence-electron chi connectivity index (χ4n) is 2.10. The van der Waals surface area contributed by atoms with Crippen LogP contribution in [-0.2, 0) is 14.6 Å². The molecular weight excluding hydrogens is 368 g/mol. The third kappa shape index (κ3) is 5.54. The minimum absolute atomic E-state index is 0.0183. The molecule has 132 valence electrons. The number of amides is 1. The number of sulfone groups is 1. The van der Waals surface area contributed by atoms with Crippen molar-refractivity contribution in [2.24, 2.45) is 0 Å². The Morgan fingerprint density at radius 2 is 1.84 bits per heavy atom. The quantitative estimate of drug-likeness (QED) is 0.583. The Bertz CT molecular complexity index is 882. The Hall–Kier alpha value is -2.45. The van der Waals surface area contributed by atoms with Crippen LogP contribution >= 0.6 is 11.6 Å². The van der Waals surface area contributed by atoms with E-state index in [1.807, 2.05) is 0 Å². The number of nitrogens with one attached hydrogen (secondary N) is 1. The van der Waals surface area contributed by atoms with Crippen molar-refractivity contribution in [3.05, 3.63) is 63.7 Å². The predicted octanol–water partition coefficient (Wildman–Crippen LogP) is 3.44. The standard InChI is InChI=1S/C16H15ClN2O5S/c17-12-6-8-15(9-7-12)25(23,24)10-2-5-16(20)18-13-3-1-4-14(11-13)19(21)22/h1,3-4,6-9,11H,2,5,10H2,(H,18,20). The number of nitro groups is 1. The van der Waals surface area contributed by atoms with Gasteiger partial charge in [-0.15, -0.1) is 0 Å². The molecule has 0 aliphatic rings. The summed E-state index contributed by atoms with van der Waals surface area (Å²) >= 11 is 5.73. The van der Waals surface area contributed by atoms with Crippen molar-refractivity contribution in [2.75, 3.05) is 11.1 Å². The molecule has 7 nitrogen and oxygen atoms in total. The number of non-ortho nitro benzene ring substituents is 1. The molecule has 2 aromatic rings. The summed E-state index contributed by atoms with van der Waals surface area (Å²) in [7, 11) is -3.49. The van der Waals surface area contributed by atoms with E-state index in [0.717, 1.165) is 0 Å². The predicted molar refractivity (Wildman–Crippen MR) is 94.5 cm³/mol. The zero-order valence-corrected chi connectivity index (χ0v) is 14.6. The summed E-state index contributed by atoms with van der Waals surface area (Å²) < 4.78 is 24.3. The van der Waals surface area contributed by atoms with Gasteiger partial charge in [0.15, 0.2) is 9.84 Å². The molecule has 0 radical (unpaired) electrons. The largest absolute Gasteiger partial charge is 0.326 e. The van der Waals surface area contributed by atoms with Crippen LogP contribution in [0.2, 0.25) is 5.02 Å². The average Bonchev–Trinajstić information content (AvgIpc) is 2.55. The molecule has 0 aromatic heterocycles. The lowest BCUT2D eigenvalue weighted by molar-refractivity contribution is -0.384. The van der Waals surface area contributed by atoms with Crippen LogP contribution in [0.1, 0.15) is 12.8 Å². The van der Waals surface area contributed by atoms with E-state index in [4.69, 9.17) is 11.6 Å². The second kappa shape index (κ2) is 8.09. The van der Waals surface area contributed by atoms with Gasteiger partial charge in [-0.1, -0.05) is 17.7 Å². The van der Waals surface area contributed by atoms with Gasteiger partial charge in [-0.3, -0.25) is 14.9 Å². The zero-order chi connectivity index (χ0) is 18.4. The molecular formula is C16H15ClN2O5S. The zero-order valence-electron chi connectivity index (χ0n) is 13.0. The third-order valence-corrected chi connectivity index (χ3v) is 5.40. The first kappa shape index (κ1) is 18.9. The van der Waals surface area contributed by atoms with Crippen molar-refractivity contribution >= 4 is 38.7 Å². The molecule has 2 rings (SSSR count). The first-order valence-corrected chi connectivity index (χ1v) is 9.33. The van der Waals surface area contributed by atoms with Crippen LogP contribution in [0.25, 0.3) is 0 Å². The maximum Gasteiger partial charge on any atom is 0.271 e. The van der Waals surface area contributed by atoms with E-state index in [-0.39, 0.29) is 29.2 Å². The Morgan fingerprint density at radius 1 is 1.16 bits per heavy atom. The highest BCUT2D eigenvalue weighted by molar-refractivity contribution is 7.91. The molecule has 9 heteroatoms. The fourth-order valence-corrected chi connectivity index (χ4v) is 3.54. The smallest absolute Gasteiger partial charge is 0.271 e. The number of anilines is 1. The van der Waals surface area contributed by atoms with E-state index < -0.39 is 20.7 Å². The lowest BCUT2D eigenvalue weighted by Crippen LogP contribution is -2.14. The van der Waals surface area contributed by atoms with Gasteiger partial charge in [0.25, 0.3) is 5.69 Å². The van der Waals surface area contributed by atoms with Crippen LogP contribution in [0.5, 0.6) is 0 Å². The van der Waals surface area contributed by atoms with E-state index in [0.29, 0.717) is 10.7 Å². The van der Waals surface area contributed by atoms with E-state index in [2.05, 4.69) is 5.32 Å². The average molecular weight is 383 g/mol. The minimum Gasteiger partial charge on any atom is -0.326 e. The number of carbonyl (C=O) groups is 1. The second-order valence-electron chi connectivity index (χ2n) is 5.23. The molecule has 0 saturated carbocycles. The molecule has 1 amide bonds. The molecule has 0 heterocycles. The summed E-state index contributed by atoms with van der Waals surface area (Å²) in [6.45, 7) is 0. The van der Waals surface area contributed by atoms with Crippen molar-refractivity contribution in [3.63, 3.8) is 0 Å². The number of carbonyl (C=O) groups excluding carboxylic acids is 1. The maximum absolute atomic E-state index is 12.2. The maximum atomic E-state index is 12.2. The van der Waals surface area contributed by atoms with Crippen LogP contribution in [0.4, 0.5) is 11.4 Å². The Morgan fingerprint density at radius 3 is 2.48 bits per heavy atom. The minimum atomic E-state index is -3.49. The van der Waals surface area contributed by atoms with Crippen molar-refractivity contribution in [2.45, 2.75) is 17.7 Å². The molecule has 0 atom stereocenters. The van der Waals surface area contributed by atoms with Crippen molar-refractivity contribution in [1.82, 2.24) is 0 Å². The van der Waals surface area contributed by atoms with E-state index in [1.165, 1.54) is 48.5 Å². The lowest BCUT2D eigenvalue weighted by Gasteiger charge is -2.06. The van der Waals surface area contributed by atoms with Crippen LogP contribution < -0.4 is 5.32 Å². The first-order chi connectivity index (χ1) is 11.8. The number of benzene rings is 2. The Kier molecular flexibility index (Phi) is 6.11. The number of nitro benzene ring substituents is 1. The highest BCUT2D eigenvalue weighted by Gasteiger charge is 2.15. The summed E-state index contributed by atoms with van der Waals surface area (Å²) in [5, 5.41) is 13.7. The number of rotatable bonds is 7. The van der Waals surface area contributed by atoms with Crippen LogP contribution in [-0.4, -0.2) is 25.0 Å². The third-order valence-electron chi connectivity index (χ3n) is 3.33. The monoisotopic (exact) mass is 382 g/mol. The molecule has 0 aliphatic carbocycles. The summed E-state index contributed by atoms with van der Waals surface area (Å²) in [6, 6.07) is 11.3. The molecule has 0 saturated heterocycles. The molecule has 2 aromatic carbocycles.